The molecule has 0 aliphatic heterocycles. The van der Waals surface area contributed by atoms with Gasteiger partial charge in [-0.25, -0.2) is 0 Å². The second-order valence-electron chi connectivity index (χ2n) is 4.85. The lowest BCUT2D eigenvalue weighted by Gasteiger charge is -2.35. The average molecular weight is 216 g/mol. The van der Waals surface area contributed by atoms with Gasteiger partial charge in [-0.1, -0.05) is 0 Å². The Hall–Kier alpha value is -0.120. The largest absolute Gasteiger partial charge is 0.345 e. The summed E-state index contributed by atoms with van der Waals surface area (Å²) in [4.78, 5) is 4.45. The van der Waals surface area contributed by atoms with Crippen LogP contribution in [-0.4, -0.2) is 48.4 Å². The van der Waals surface area contributed by atoms with Crippen LogP contribution in [0.4, 0.5) is 0 Å². The minimum absolute atomic E-state index is 0.154. The summed E-state index contributed by atoms with van der Waals surface area (Å²) in [6.45, 7) is 12.9. The van der Waals surface area contributed by atoms with Crippen molar-refractivity contribution in [3.63, 3.8) is 0 Å². The molecule has 2 atom stereocenters. The van der Waals surface area contributed by atoms with E-state index < -0.39 is 0 Å². The second kappa shape index (κ2) is 6.46. The third-order valence-electron chi connectivity index (χ3n) is 3.17. The van der Waals surface area contributed by atoms with E-state index in [4.69, 9.17) is 4.74 Å². The summed E-state index contributed by atoms with van der Waals surface area (Å²) >= 11 is 0. The summed E-state index contributed by atoms with van der Waals surface area (Å²) in [6, 6.07) is 1.02. The van der Waals surface area contributed by atoms with Crippen LogP contribution in [0.5, 0.6) is 0 Å². The summed E-state index contributed by atoms with van der Waals surface area (Å²) in [5.41, 5.74) is 0. The quantitative estimate of drug-likeness (QED) is 0.634. The predicted octanol–water partition coefficient (Wildman–Crippen LogP) is 2.38. The average Bonchev–Trinajstić information content (AvgIpc) is 2.14. The minimum atomic E-state index is 0.154. The summed E-state index contributed by atoms with van der Waals surface area (Å²) in [6.07, 6.45) is 0.308. The molecule has 92 valence electrons. The molecule has 0 N–H and O–H groups in total. The summed E-state index contributed by atoms with van der Waals surface area (Å²) in [5.74, 6) is 0. The Labute approximate surface area is 95.4 Å². The Morgan fingerprint density at radius 3 is 1.13 bits per heavy atom. The first kappa shape index (κ1) is 14.9. The van der Waals surface area contributed by atoms with Crippen molar-refractivity contribution in [1.29, 1.82) is 0 Å². The zero-order chi connectivity index (χ0) is 12.2. The fourth-order valence-corrected chi connectivity index (χ4v) is 1.32. The molecule has 0 aromatic rings. The molecule has 0 fully saturated rings. The van der Waals surface area contributed by atoms with Crippen molar-refractivity contribution in [1.82, 2.24) is 9.80 Å². The van der Waals surface area contributed by atoms with Crippen LogP contribution in [0.3, 0.4) is 0 Å². The molecule has 0 saturated heterocycles. The van der Waals surface area contributed by atoms with E-state index in [0.717, 1.165) is 0 Å². The standard InChI is InChI=1S/C12H28N2O/c1-9(2)13(7)11(5)15-12(6)14(8)10(3)4/h9-12H,1-8H3. The number of hydrogen-bond donors (Lipinski definition) is 0. The molecule has 0 rings (SSSR count). The van der Waals surface area contributed by atoms with Crippen molar-refractivity contribution in [3.8, 4) is 0 Å². The molecule has 0 saturated carbocycles. The Kier molecular flexibility index (Phi) is 6.41. The van der Waals surface area contributed by atoms with Crippen LogP contribution in [-0.2, 0) is 4.74 Å². The first-order valence-corrected chi connectivity index (χ1v) is 5.86. The minimum Gasteiger partial charge on any atom is -0.345 e. The molecule has 0 aromatic heterocycles. The van der Waals surface area contributed by atoms with Crippen molar-refractivity contribution in [2.24, 2.45) is 0 Å². The van der Waals surface area contributed by atoms with E-state index >= 15 is 0 Å². The first-order chi connectivity index (χ1) is 6.77. The van der Waals surface area contributed by atoms with Gasteiger partial charge >= 0.3 is 0 Å². The molecule has 0 heterocycles. The third kappa shape index (κ3) is 4.96. The molecule has 3 nitrogen and oxygen atoms in total. The van der Waals surface area contributed by atoms with Gasteiger partial charge in [0, 0.05) is 12.1 Å². The summed E-state index contributed by atoms with van der Waals surface area (Å²) in [5, 5.41) is 0. The van der Waals surface area contributed by atoms with E-state index in [1.165, 1.54) is 0 Å². The zero-order valence-corrected chi connectivity index (χ0v) is 11.6. The van der Waals surface area contributed by atoms with Gasteiger partial charge in [-0.2, -0.15) is 0 Å². The topological polar surface area (TPSA) is 15.7 Å². The number of nitrogens with zero attached hydrogens (tertiary/aromatic N) is 2. The van der Waals surface area contributed by atoms with Gasteiger partial charge in [-0.3, -0.25) is 9.80 Å². The number of ether oxygens (including phenoxy) is 1. The van der Waals surface area contributed by atoms with E-state index in [2.05, 4.69) is 65.4 Å². The normalized spacial score (nSPS) is 16.8. The monoisotopic (exact) mass is 216 g/mol. The van der Waals surface area contributed by atoms with Gasteiger partial charge in [0.25, 0.3) is 0 Å². The van der Waals surface area contributed by atoms with E-state index in [0.29, 0.717) is 12.1 Å². The van der Waals surface area contributed by atoms with Crippen molar-refractivity contribution in [3.05, 3.63) is 0 Å². The second-order valence-corrected chi connectivity index (χ2v) is 4.85. The lowest BCUT2D eigenvalue weighted by Crippen LogP contribution is -2.44. The van der Waals surface area contributed by atoms with Crippen molar-refractivity contribution in [2.45, 2.75) is 66.1 Å². The van der Waals surface area contributed by atoms with E-state index in [1.807, 2.05) is 0 Å². The molecular formula is C12H28N2O. The van der Waals surface area contributed by atoms with Gasteiger partial charge in [0.2, 0.25) is 0 Å². The van der Waals surface area contributed by atoms with Crippen molar-refractivity contribution in [2.75, 3.05) is 14.1 Å². The molecule has 0 amide bonds. The fraction of sp³-hybridized carbons (Fsp3) is 1.00. The SMILES string of the molecule is CC(C)N(C)C(C)OC(C)N(C)C(C)C. The maximum absolute atomic E-state index is 5.95. The number of rotatable bonds is 6. The van der Waals surface area contributed by atoms with Gasteiger partial charge in [0.1, 0.15) is 12.5 Å². The lowest BCUT2D eigenvalue weighted by atomic mass is 10.3. The summed E-state index contributed by atoms with van der Waals surface area (Å²) in [7, 11) is 4.19. The molecule has 0 aliphatic rings. The van der Waals surface area contributed by atoms with E-state index in [-0.39, 0.29) is 12.5 Å². The molecular weight excluding hydrogens is 188 g/mol. The molecule has 0 aromatic carbocycles. The molecule has 15 heavy (non-hydrogen) atoms. The highest BCUT2D eigenvalue weighted by atomic mass is 16.5. The van der Waals surface area contributed by atoms with Crippen molar-refractivity contribution < 1.29 is 4.74 Å². The highest BCUT2D eigenvalue weighted by molar-refractivity contribution is 4.63. The first-order valence-electron chi connectivity index (χ1n) is 5.86. The maximum Gasteiger partial charge on any atom is 0.109 e. The molecule has 0 radical (unpaired) electrons. The maximum atomic E-state index is 5.95. The lowest BCUT2D eigenvalue weighted by molar-refractivity contribution is -0.139. The van der Waals surface area contributed by atoms with E-state index in [1.54, 1.807) is 0 Å². The van der Waals surface area contributed by atoms with Gasteiger partial charge in [-0.05, 0) is 55.6 Å². The van der Waals surface area contributed by atoms with Crippen molar-refractivity contribution >= 4 is 0 Å². The molecule has 3 heteroatoms. The summed E-state index contributed by atoms with van der Waals surface area (Å²) < 4.78 is 5.95. The predicted molar refractivity (Wildman–Crippen MR) is 65.8 cm³/mol. The number of hydrogen-bond acceptors (Lipinski definition) is 3. The van der Waals surface area contributed by atoms with Crippen LogP contribution in [0, 0.1) is 0 Å². The molecule has 0 spiro atoms. The van der Waals surface area contributed by atoms with Crippen LogP contribution >= 0.6 is 0 Å². The molecule has 0 aliphatic carbocycles. The highest BCUT2D eigenvalue weighted by Crippen LogP contribution is 2.10. The fourth-order valence-electron chi connectivity index (χ4n) is 1.32. The van der Waals surface area contributed by atoms with Crippen LogP contribution in [0.1, 0.15) is 41.5 Å². The van der Waals surface area contributed by atoms with E-state index in [9.17, 15) is 0 Å². The Balaban J connectivity index is 4.11. The highest BCUT2D eigenvalue weighted by Gasteiger charge is 2.19. The van der Waals surface area contributed by atoms with Gasteiger partial charge < -0.3 is 4.74 Å². The Morgan fingerprint density at radius 1 is 0.667 bits per heavy atom. The smallest absolute Gasteiger partial charge is 0.109 e. The Morgan fingerprint density at radius 2 is 0.933 bits per heavy atom. The zero-order valence-electron chi connectivity index (χ0n) is 11.6. The van der Waals surface area contributed by atoms with Crippen LogP contribution < -0.4 is 0 Å². The Bertz CT molecular complexity index is 153. The van der Waals surface area contributed by atoms with Gasteiger partial charge in [0.05, 0.1) is 0 Å². The van der Waals surface area contributed by atoms with Gasteiger partial charge in [-0.15, -0.1) is 0 Å². The molecule has 2 unspecified atom stereocenters. The molecule has 0 bridgehead atoms. The third-order valence-corrected chi connectivity index (χ3v) is 3.17. The van der Waals surface area contributed by atoms with Crippen LogP contribution in [0.15, 0.2) is 0 Å². The van der Waals surface area contributed by atoms with Crippen LogP contribution in [0.2, 0.25) is 0 Å². The van der Waals surface area contributed by atoms with Crippen LogP contribution in [0.25, 0.3) is 0 Å². The van der Waals surface area contributed by atoms with Gasteiger partial charge in [0.15, 0.2) is 0 Å².